The van der Waals surface area contributed by atoms with Crippen LogP contribution in [0.3, 0.4) is 0 Å². The van der Waals surface area contributed by atoms with E-state index >= 15 is 0 Å². The van der Waals surface area contributed by atoms with E-state index in [-0.39, 0.29) is 0 Å². The molecule has 0 saturated heterocycles. The first kappa shape index (κ1) is 9.74. The van der Waals surface area contributed by atoms with Gasteiger partial charge in [0.15, 0.2) is 0 Å². The van der Waals surface area contributed by atoms with Gasteiger partial charge in [-0.1, -0.05) is 15.9 Å². The second kappa shape index (κ2) is 3.75. The van der Waals surface area contributed by atoms with Gasteiger partial charge >= 0.3 is 0 Å². The third-order valence-corrected chi connectivity index (χ3v) is 2.97. The zero-order valence-corrected chi connectivity index (χ0v) is 9.69. The Hall–Kier alpha value is -0.800. The second-order valence-corrected chi connectivity index (χ2v) is 4.37. The van der Waals surface area contributed by atoms with E-state index in [2.05, 4.69) is 40.0 Å². The molecule has 0 aliphatic carbocycles. The van der Waals surface area contributed by atoms with E-state index in [0.29, 0.717) is 6.54 Å². The summed E-state index contributed by atoms with van der Waals surface area (Å²) < 4.78 is 1.11. The average Bonchev–Trinajstić information content (AvgIpc) is 2.45. The highest BCUT2D eigenvalue weighted by Crippen LogP contribution is 2.25. The van der Waals surface area contributed by atoms with E-state index in [0.717, 1.165) is 10.9 Å². The smallest absolute Gasteiger partial charge is 0.0459 e. The quantitative estimate of drug-likeness (QED) is 0.848. The molecule has 74 valence electrons. The van der Waals surface area contributed by atoms with Crippen LogP contribution in [0.25, 0.3) is 10.9 Å². The Morgan fingerprint density at radius 3 is 2.93 bits per heavy atom. The summed E-state index contributed by atoms with van der Waals surface area (Å²) in [6.07, 6.45) is 0.933. The lowest BCUT2D eigenvalue weighted by Crippen LogP contribution is -2.03. The standard InChI is InChI=1S/C11H13BrN2/c1-7-9(4-5-13)10-6-8(12)2-3-11(10)14-7/h2-3,6,14H,4-5,13H2,1H3. The maximum atomic E-state index is 5.59. The molecule has 1 aromatic heterocycles. The molecule has 0 atom stereocenters. The molecule has 0 amide bonds. The van der Waals surface area contributed by atoms with E-state index < -0.39 is 0 Å². The van der Waals surface area contributed by atoms with Gasteiger partial charge in [0.05, 0.1) is 0 Å². The molecule has 0 unspecified atom stereocenters. The SMILES string of the molecule is Cc1[nH]c2ccc(Br)cc2c1CCN. The maximum absolute atomic E-state index is 5.59. The molecule has 0 fully saturated rings. The zero-order valence-electron chi connectivity index (χ0n) is 8.10. The number of nitrogens with one attached hydrogen (secondary N) is 1. The molecule has 1 aromatic carbocycles. The van der Waals surface area contributed by atoms with Crippen molar-refractivity contribution in [3.63, 3.8) is 0 Å². The van der Waals surface area contributed by atoms with Crippen molar-refractivity contribution in [2.24, 2.45) is 5.73 Å². The summed E-state index contributed by atoms with van der Waals surface area (Å²) in [6, 6.07) is 6.28. The molecule has 14 heavy (non-hydrogen) atoms. The number of hydrogen-bond donors (Lipinski definition) is 2. The highest BCUT2D eigenvalue weighted by Gasteiger charge is 2.07. The van der Waals surface area contributed by atoms with Gasteiger partial charge in [0.25, 0.3) is 0 Å². The molecule has 0 bridgehead atoms. The molecular weight excluding hydrogens is 240 g/mol. The Morgan fingerprint density at radius 1 is 1.43 bits per heavy atom. The van der Waals surface area contributed by atoms with E-state index in [9.17, 15) is 0 Å². The summed E-state index contributed by atoms with van der Waals surface area (Å²) in [7, 11) is 0. The molecule has 0 spiro atoms. The summed E-state index contributed by atoms with van der Waals surface area (Å²) in [6.45, 7) is 2.79. The zero-order chi connectivity index (χ0) is 10.1. The van der Waals surface area contributed by atoms with Gasteiger partial charge in [-0.05, 0) is 43.7 Å². The van der Waals surface area contributed by atoms with Crippen molar-refractivity contribution in [2.45, 2.75) is 13.3 Å². The summed E-state index contributed by atoms with van der Waals surface area (Å²) in [4.78, 5) is 3.36. The molecular formula is C11H13BrN2. The van der Waals surface area contributed by atoms with Crippen molar-refractivity contribution in [1.29, 1.82) is 0 Å². The maximum Gasteiger partial charge on any atom is 0.0459 e. The third-order valence-electron chi connectivity index (χ3n) is 2.48. The van der Waals surface area contributed by atoms with Gasteiger partial charge in [-0.15, -0.1) is 0 Å². The third kappa shape index (κ3) is 1.57. The number of aromatic amines is 1. The van der Waals surface area contributed by atoms with Crippen molar-refractivity contribution in [3.8, 4) is 0 Å². The lowest BCUT2D eigenvalue weighted by molar-refractivity contribution is 0.963. The van der Waals surface area contributed by atoms with Gasteiger partial charge in [-0.2, -0.15) is 0 Å². The molecule has 2 nitrogen and oxygen atoms in total. The number of H-pyrrole nitrogens is 1. The monoisotopic (exact) mass is 252 g/mol. The first-order valence-corrected chi connectivity index (χ1v) is 5.48. The van der Waals surface area contributed by atoms with E-state index in [4.69, 9.17) is 5.73 Å². The normalized spacial score (nSPS) is 11.1. The summed E-state index contributed by atoms with van der Waals surface area (Å²) >= 11 is 3.48. The molecule has 0 radical (unpaired) electrons. The number of fused-ring (bicyclic) bond motifs is 1. The number of halogens is 1. The fourth-order valence-corrected chi connectivity index (χ4v) is 2.18. The first-order valence-electron chi connectivity index (χ1n) is 4.69. The fraction of sp³-hybridized carbons (Fsp3) is 0.273. The first-order chi connectivity index (χ1) is 6.72. The van der Waals surface area contributed by atoms with Crippen LogP contribution in [-0.4, -0.2) is 11.5 Å². The molecule has 1 heterocycles. The summed E-state index contributed by atoms with van der Waals surface area (Å²) in [5.74, 6) is 0. The van der Waals surface area contributed by atoms with Crippen molar-refractivity contribution in [2.75, 3.05) is 6.54 Å². The van der Waals surface area contributed by atoms with E-state index in [1.165, 1.54) is 22.2 Å². The number of rotatable bonds is 2. The van der Waals surface area contributed by atoms with Crippen LogP contribution in [0.1, 0.15) is 11.3 Å². The lowest BCUT2D eigenvalue weighted by Gasteiger charge is -1.98. The Bertz CT molecular complexity index is 460. The van der Waals surface area contributed by atoms with E-state index in [1.54, 1.807) is 0 Å². The number of aromatic nitrogens is 1. The van der Waals surface area contributed by atoms with Crippen LogP contribution >= 0.6 is 15.9 Å². The van der Waals surface area contributed by atoms with Gasteiger partial charge in [0, 0.05) is 21.1 Å². The summed E-state index contributed by atoms with van der Waals surface area (Å²) in [5, 5.41) is 1.28. The minimum absolute atomic E-state index is 0.695. The molecule has 3 heteroatoms. The van der Waals surface area contributed by atoms with Crippen molar-refractivity contribution < 1.29 is 0 Å². The van der Waals surface area contributed by atoms with Crippen LogP contribution in [0.5, 0.6) is 0 Å². The number of hydrogen-bond acceptors (Lipinski definition) is 1. The van der Waals surface area contributed by atoms with Crippen LogP contribution in [0, 0.1) is 6.92 Å². The molecule has 3 N–H and O–H groups in total. The van der Waals surface area contributed by atoms with Crippen molar-refractivity contribution >= 4 is 26.8 Å². The largest absolute Gasteiger partial charge is 0.358 e. The van der Waals surface area contributed by atoms with Crippen LogP contribution < -0.4 is 5.73 Å². The Balaban J connectivity index is 2.66. The van der Waals surface area contributed by atoms with Gasteiger partial charge in [0.1, 0.15) is 0 Å². The predicted octanol–water partition coefficient (Wildman–Crippen LogP) is 2.74. The molecule has 2 rings (SSSR count). The molecule has 2 aromatic rings. The van der Waals surface area contributed by atoms with E-state index in [1.807, 2.05) is 6.07 Å². The van der Waals surface area contributed by atoms with Crippen molar-refractivity contribution in [3.05, 3.63) is 33.9 Å². The minimum Gasteiger partial charge on any atom is -0.358 e. The van der Waals surface area contributed by atoms with Gasteiger partial charge < -0.3 is 10.7 Å². The number of aryl methyl sites for hydroxylation is 1. The van der Waals surface area contributed by atoms with Crippen LogP contribution in [0.15, 0.2) is 22.7 Å². The molecule has 0 aliphatic heterocycles. The van der Waals surface area contributed by atoms with Gasteiger partial charge in [0.2, 0.25) is 0 Å². The second-order valence-electron chi connectivity index (χ2n) is 3.46. The van der Waals surface area contributed by atoms with Crippen LogP contribution in [0.4, 0.5) is 0 Å². The Morgan fingerprint density at radius 2 is 2.21 bits per heavy atom. The van der Waals surface area contributed by atoms with Crippen molar-refractivity contribution in [1.82, 2.24) is 4.98 Å². The van der Waals surface area contributed by atoms with Crippen LogP contribution in [0.2, 0.25) is 0 Å². The predicted molar refractivity (Wildman–Crippen MR) is 63.5 cm³/mol. The molecule has 0 aliphatic rings. The lowest BCUT2D eigenvalue weighted by atomic mass is 10.1. The van der Waals surface area contributed by atoms with Crippen LogP contribution in [-0.2, 0) is 6.42 Å². The minimum atomic E-state index is 0.695. The van der Waals surface area contributed by atoms with Gasteiger partial charge in [-0.25, -0.2) is 0 Å². The topological polar surface area (TPSA) is 41.8 Å². The number of nitrogens with two attached hydrogens (primary N) is 1. The highest BCUT2D eigenvalue weighted by atomic mass is 79.9. The Labute approximate surface area is 91.6 Å². The summed E-state index contributed by atoms with van der Waals surface area (Å²) in [5.41, 5.74) is 9.34. The molecule has 0 saturated carbocycles. The Kier molecular flexibility index (Phi) is 2.61. The highest BCUT2D eigenvalue weighted by molar-refractivity contribution is 9.10. The fourth-order valence-electron chi connectivity index (χ4n) is 1.82. The average molecular weight is 253 g/mol. The van der Waals surface area contributed by atoms with Gasteiger partial charge in [-0.3, -0.25) is 0 Å². The number of benzene rings is 1.